The van der Waals surface area contributed by atoms with Crippen LogP contribution in [0.2, 0.25) is 0 Å². The average Bonchev–Trinajstić information content (AvgIpc) is 3.12. The molecule has 3 heterocycles. The fraction of sp³-hybridized carbons (Fsp3) is 0.708. The fourth-order valence-corrected chi connectivity index (χ4v) is 7.85. The second-order valence-corrected chi connectivity index (χ2v) is 12.1. The van der Waals surface area contributed by atoms with E-state index in [1.54, 1.807) is 11.4 Å². The van der Waals surface area contributed by atoms with Gasteiger partial charge >= 0.3 is 0 Å². The molecule has 3 aliphatic heterocycles. The van der Waals surface area contributed by atoms with E-state index >= 15 is 0 Å². The first-order chi connectivity index (χ1) is 16.6. The summed E-state index contributed by atoms with van der Waals surface area (Å²) in [7, 11) is -1.94. The van der Waals surface area contributed by atoms with Crippen LogP contribution >= 0.6 is 0 Å². The SMILES string of the molecule is CN(CCS(=O)(=O)N1[C@@H]2CC[C@H]1C[C@H]([C@H](N)Cc1cc(F)c(F)cc1F)C2)C(=O)C1CCOCC1. The Morgan fingerprint density at radius 2 is 1.69 bits per heavy atom. The fourth-order valence-electron chi connectivity index (χ4n) is 5.84. The molecule has 7 nitrogen and oxygen atoms in total. The number of amides is 1. The summed E-state index contributed by atoms with van der Waals surface area (Å²) in [4.78, 5) is 14.1. The molecule has 35 heavy (non-hydrogen) atoms. The van der Waals surface area contributed by atoms with Gasteiger partial charge in [0.05, 0.1) is 5.75 Å². The third kappa shape index (κ3) is 5.84. The lowest BCUT2D eigenvalue weighted by Crippen LogP contribution is -2.51. The predicted octanol–water partition coefficient (Wildman–Crippen LogP) is 2.43. The third-order valence-electron chi connectivity index (χ3n) is 7.81. The number of rotatable bonds is 8. The first-order valence-electron chi connectivity index (χ1n) is 12.3. The van der Waals surface area contributed by atoms with Crippen LogP contribution < -0.4 is 5.73 Å². The van der Waals surface area contributed by atoms with Crippen LogP contribution in [0.5, 0.6) is 0 Å². The monoisotopic (exact) mass is 517 g/mol. The zero-order valence-electron chi connectivity index (χ0n) is 20.0. The van der Waals surface area contributed by atoms with Gasteiger partial charge in [0.25, 0.3) is 0 Å². The number of sulfonamides is 1. The molecule has 11 heteroatoms. The van der Waals surface area contributed by atoms with Gasteiger partial charge in [-0.2, -0.15) is 4.31 Å². The number of hydrogen-bond donors (Lipinski definition) is 1. The number of halogens is 3. The molecule has 3 fully saturated rings. The predicted molar refractivity (Wildman–Crippen MR) is 124 cm³/mol. The molecule has 3 saturated heterocycles. The summed E-state index contributed by atoms with van der Waals surface area (Å²) >= 11 is 0. The number of ether oxygens (including phenoxy) is 1. The normalized spacial score (nSPS) is 26.6. The lowest BCUT2D eigenvalue weighted by atomic mass is 9.83. The third-order valence-corrected chi connectivity index (χ3v) is 9.74. The van der Waals surface area contributed by atoms with Crippen LogP contribution in [0.4, 0.5) is 13.2 Å². The van der Waals surface area contributed by atoms with Crippen LogP contribution in [0.1, 0.15) is 44.1 Å². The molecule has 2 bridgehead atoms. The topological polar surface area (TPSA) is 92.9 Å². The minimum Gasteiger partial charge on any atom is -0.381 e. The van der Waals surface area contributed by atoms with Crippen LogP contribution in [-0.4, -0.2) is 74.2 Å². The smallest absolute Gasteiger partial charge is 0.225 e. The van der Waals surface area contributed by atoms with Gasteiger partial charge in [-0.1, -0.05) is 0 Å². The van der Waals surface area contributed by atoms with Crippen molar-refractivity contribution in [2.24, 2.45) is 17.6 Å². The summed E-state index contributed by atoms with van der Waals surface area (Å²) in [6, 6.07) is 0.490. The maximum atomic E-state index is 14.1. The van der Waals surface area contributed by atoms with Crippen molar-refractivity contribution in [3.63, 3.8) is 0 Å². The van der Waals surface area contributed by atoms with Crippen molar-refractivity contribution in [2.45, 2.75) is 63.1 Å². The Balaban J connectivity index is 1.34. The summed E-state index contributed by atoms with van der Waals surface area (Å²) in [5.41, 5.74) is 6.37. The summed E-state index contributed by atoms with van der Waals surface area (Å²) < 4.78 is 74.3. The highest BCUT2D eigenvalue weighted by atomic mass is 32.2. The van der Waals surface area contributed by atoms with Crippen molar-refractivity contribution in [3.05, 3.63) is 35.1 Å². The van der Waals surface area contributed by atoms with Crippen LogP contribution in [0.25, 0.3) is 0 Å². The molecule has 196 valence electrons. The average molecular weight is 518 g/mol. The van der Waals surface area contributed by atoms with E-state index in [2.05, 4.69) is 0 Å². The van der Waals surface area contributed by atoms with Crippen LogP contribution in [0.15, 0.2) is 12.1 Å². The molecule has 1 aromatic rings. The van der Waals surface area contributed by atoms with Crippen molar-refractivity contribution in [1.29, 1.82) is 0 Å². The molecule has 0 aromatic heterocycles. The zero-order valence-corrected chi connectivity index (χ0v) is 20.8. The molecule has 4 rings (SSSR count). The minimum absolute atomic E-state index is 0.0241. The second kappa shape index (κ2) is 10.7. The number of carbonyl (C=O) groups excluding carboxylic acids is 1. The van der Waals surface area contributed by atoms with Crippen molar-refractivity contribution >= 4 is 15.9 Å². The van der Waals surface area contributed by atoms with E-state index in [0.717, 1.165) is 18.9 Å². The molecule has 0 unspecified atom stereocenters. The van der Waals surface area contributed by atoms with Gasteiger partial charge in [0, 0.05) is 56.9 Å². The summed E-state index contributed by atoms with van der Waals surface area (Å²) in [6.45, 7) is 1.23. The summed E-state index contributed by atoms with van der Waals surface area (Å²) in [5.74, 6) is -3.54. The number of benzene rings is 1. The number of piperidine rings is 1. The molecule has 0 saturated carbocycles. The Bertz CT molecular complexity index is 1020. The van der Waals surface area contributed by atoms with Crippen LogP contribution in [0.3, 0.4) is 0 Å². The van der Waals surface area contributed by atoms with E-state index in [1.807, 2.05) is 0 Å². The van der Waals surface area contributed by atoms with Gasteiger partial charge in [0.15, 0.2) is 11.6 Å². The van der Waals surface area contributed by atoms with Crippen LogP contribution in [0, 0.1) is 29.3 Å². The lowest BCUT2D eigenvalue weighted by Gasteiger charge is -2.40. The Morgan fingerprint density at radius 3 is 2.31 bits per heavy atom. The number of fused-ring (bicyclic) bond motifs is 2. The van der Waals surface area contributed by atoms with Gasteiger partial charge in [-0.25, -0.2) is 21.6 Å². The zero-order chi connectivity index (χ0) is 25.3. The number of nitrogens with two attached hydrogens (primary N) is 1. The quantitative estimate of drug-likeness (QED) is 0.535. The molecule has 3 aliphatic rings. The molecular weight excluding hydrogens is 483 g/mol. The van der Waals surface area contributed by atoms with Crippen molar-refractivity contribution in [2.75, 3.05) is 32.6 Å². The molecule has 2 N–H and O–H groups in total. The largest absolute Gasteiger partial charge is 0.381 e. The molecule has 1 amide bonds. The second-order valence-electron chi connectivity index (χ2n) is 10.1. The molecule has 0 aliphatic carbocycles. The number of carbonyl (C=O) groups is 1. The Kier molecular flexibility index (Phi) is 8.09. The van der Waals surface area contributed by atoms with E-state index in [4.69, 9.17) is 10.5 Å². The highest BCUT2D eigenvalue weighted by Crippen LogP contribution is 2.42. The van der Waals surface area contributed by atoms with E-state index in [9.17, 15) is 26.4 Å². The Hall–Kier alpha value is -1.69. The molecular formula is C24H34F3N3O4S. The molecule has 4 atom stereocenters. The first kappa shape index (κ1) is 26.4. The van der Waals surface area contributed by atoms with E-state index in [-0.39, 0.29) is 54.1 Å². The lowest BCUT2D eigenvalue weighted by molar-refractivity contribution is -0.136. The van der Waals surface area contributed by atoms with Gasteiger partial charge in [-0.3, -0.25) is 4.79 Å². The maximum absolute atomic E-state index is 14.1. The number of nitrogens with zero attached hydrogens (tertiary/aromatic N) is 2. The summed E-state index contributed by atoms with van der Waals surface area (Å²) in [6.07, 6.45) is 3.90. The van der Waals surface area contributed by atoms with Crippen molar-refractivity contribution in [3.8, 4) is 0 Å². The highest BCUT2D eigenvalue weighted by Gasteiger charge is 2.47. The van der Waals surface area contributed by atoms with Gasteiger partial charge < -0.3 is 15.4 Å². The van der Waals surface area contributed by atoms with Gasteiger partial charge in [-0.05, 0) is 62.5 Å². The Labute approximate surface area is 204 Å². The van der Waals surface area contributed by atoms with Crippen molar-refractivity contribution < 1.29 is 31.1 Å². The maximum Gasteiger partial charge on any atom is 0.225 e. The van der Waals surface area contributed by atoms with E-state index in [0.29, 0.717) is 45.0 Å². The summed E-state index contributed by atoms with van der Waals surface area (Å²) in [5, 5.41) is 0. The molecule has 0 radical (unpaired) electrons. The minimum atomic E-state index is -3.58. The van der Waals surface area contributed by atoms with Gasteiger partial charge in [-0.15, -0.1) is 0 Å². The Morgan fingerprint density at radius 1 is 1.09 bits per heavy atom. The van der Waals surface area contributed by atoms with E-state index in [1.165, 1.54) is 4.90 Å². The highest BCUT2D eigenvalue weighted by molar-refractivity contribution is 7.89. The molecule has 0 spiro atoms. The van der Waals surface area contributed by atoms with Crippen molar-refractivity contribution in [1.82, 2.24) is 9.21 Å². The van der Waals surface area contributed by atoms with Crippen LogP contribution in [-0.2, 0) is 26.0 Å². The van der Waals surface area contributed by atoms with Gasteiger partial charge in [0.2, 0.25) is 15.9 Å². The van der Waals surface area contributed by atoms with Gasteiger partial charge in [0.1, 0.15) is 5.82 Å². The van der Waals surface area contributed by atoms with E-state index < -0.39 is 33.5 Å². The first-order valence-corrected chi connectivity index (χ1v) is 13.9. The number of hydrogen-bond acceptors (Lipinski definition) is 5. The molecule has 1 aromatic carbocycles. The standard InChI is InChI=1S/C24H34F3N3O4S/c1-29(24(31)15-4-7-34-8-5-15)6-9-35(32,33)30-18-2-3-19(30)11-17(10-18)23(28)13-16-12-21(26)22(27)14-20(16)25/h12,14-15,17-19,23H,2-11,13,28H2,1H3/t17-,18-,19+,23-/m1/s1.